The molecule has 1 amide bonds. The number of hydrazone groups is 1. The quantitative estimate of drug-likeness (QED) is 0.630. The molecule has 0 radical (unpaired) electrons. The Morgan fingerprint density at radius 2 is 2.13 bits per heavy atom. The van der Waals surface area contributed by atoms with Gasteiger partial charge in [-0.25, -0.2) is 4.39 Å². The molecule has 7 nitrogen and oxygen atoms in total. The fourth-order valence-electron chi connectivity index (χ4n) is 4.91. The van der Waals surface area contributed by atoms with Crippen molar-refractivity contribution < 1.29 is 18.7 Å². The van der Waals surface area contributed by atoms with E-state index in [1.54, 1.807) is 18.1 Å². The van der Waals surface area contributed by atoms with Crippen molar-refractivity contribution >= 4 is 12.1 Å². The van der Waals surface area contributed by atoms with Gasteiger partial charge in [-0.3, -0.25) is 9.80 Å². The molecule has 1 fully saturated rings. The highest BCUT2D eigenvalue weighted by molar-refractivity contribution is 5.79. The van der Waals surface area contributed by atoms with Crippen LogP contribution in [0.2, 0.25) is 0 Å². The first-order chi connectivity index (χ1) is 15.0. The van der Waals surface area contributed by atoms with Crippen LogP contribution in [0, 0.1) is 11.7 Å². The predicted octanol–water partition coefficient (Wildman–Crippen LogP) is 2.06. The standard InChI is InChI=1S/C23H33FN4O3/c1-26(12-13-30-2)22(29)19(16-28-9-3-8-25-28)15-27-10-6-23(7-11-27)21-14-20(24)5-4-18(21)17-31-23/h4-5,8,14,19H,3,6-7,9-13,15-17H2,1-2H3. The van der Waals surface area contributed by atoms with Gasteiger partial charge in [0.25, 0.3) is 0 Å². The number of piperidine rings is 1. The van der Waals surface area contributed by atoms with Gasteiger partial charge in [-0.05, 0) is 36.1 Å². The molecule has 0 aliphatic carbocycles. The molecule has 4 rings (SSSR count). The zero-order valence-electron chi connectivity index (χ0n) is 18.6. The molecule has 3 heterocycles. The van der Waals surface area contributed by atoms with E-state index in [0.29, 0.717) is 32.8 Å². The number of likely N-dealkylation sites (N-methyl/N-ethyl adjacent to an activating group) is 1. The Kier molecular flexibility index (Phi) is 6.89. The van der Waals surface area contributed by atoms with Gasteiger partial charge in [0, 0.05) is 66.1 Å². The number of rotatable bonds is 8. The predicted molar refractivity (Wildman–Crippen MR) is 116 cm³/mol. The number of benzene rings is 1. The number of halogens is 1. The normalized spacial score (nSPS) is 20.9. The van der Waals surface area contributed by atoms with Crippen molar-refractivity contribution in [2.24, 2.45) is 11.0 Å². The van der Waals surface area contributed by atoms with Gasteiger partial charge in [0.15, 0.2) is 0 Å². The van der Waals surface area contributed by atoms with E-state index < -0.39 is 0 Å². The van der Waals surface area contributed by atoms with Crippen molar-refractivity contribution in [1.29, 1.82) is 0 Å². The van der Waals surface area contributed by atoms with Gasteiger partial charge in [0.05, 0.1) is 24.7 Å². The second-order valence-corrected chi connectivity index (χ2v) is 8.83. The smallest absolute Gasteiger partial charge is 0.228 e. The number of carbonyl (C=O) groups is 1. The number of amides is 1. The third-order valence-corrected chi connectivity index (χ3v) is 6.76. The summed E-state index contributed by atoms with van der Waals surface area (Å²) in [4.78, 5) is 17.3. The lowest BCUT2D eigenvalue weighted by molar-refractivity contribution is -0.136. The van der Waals surface area contributed by atoms with Gasteiger partial charge < -0.3 is 19.3 Å². The Morgan fingerprint density at radius 3 is 2.84 bits per heavy atom. The van der Waals surface area contributed by atoms with Crippen molar-refractivity contribution in [3.8, 4) is 0 Å². The van der Waals surface area contributed by atoms with Crippen LogP contribution in [-0.4, -0.2) is 87.0 Å². The minimum Gasteiger partial charge on any atom is -0.383 e. The van der Waals surface area contributed by atoms with Gasteiger partial charge in [0.1, 0.15) is 5.82 Å². The van der Waals surface area contributed by atoms with Crippen LogP contribution in [0.15, 0.2) is 23.3 Å². The molecule has 1 atom stereocenters. The molecule has 0 N–H and O–H groups in total. The summed E-state index contributed by atoms with van der Waals surface area (Å²) in [7, 11) is 3.48. The summed E-state index contributed by atoms with van der Waals surface area (Å²) in [5.74, 6) is -0.230. The zero-order chi connectivity index (χ0) is 21.8. The molecule has 31 heavy (non-hydrogen) atoms. The Hall–Kier alpha value is -2.03. The van der Waals surface area contributed by atoms with Crippen LogP contribution in [0.4, 0.5) is 4.39 Å². The summed E-state index contributed by atoms with van der Waals surface area (Å²) in [5, 5.41) is 6.40. The molecule has 0 aromatic heterocycles. The van der Waals surface area contributed by atoms with Gasteiger partial charge in [-0.2, -0.15) is 5.10 Å². The minimum atomic E-state index is -0.387. The third-order valence-electron chi connectivity index (χ3n) is 6.76. The van der Waals surface area contributed by atoms with Crippen LogP contribution in [0.5, 0.6) is 0 Å². The summed E-state index contributed by atoms with van der Waals surface area (Å²) in [6.45, 7) is 5.48. The van der Waals surface area contributed by atoms with Crippen LogP contribution >= 0.6 is 0 Å². The van der Waals surface area contributed by atoms with Gasteiger partial charge >= 0.3 is 0 Å². The number of fused-ring (bicyclic) bond motifs is 2. The van der Waals surface area contributed by atoms with Gasteiger partial charge in [-0.15, -0.1) is 0 Å². The fourth-order valence-corrected chi connectivity index (χ4v) is 4.91. The van der Waals surface area contributed by atoms with E-state index in [0.717, 1.165) is 50.0 Å². The third kappa shape index (κ3) is 4.91. The number of hydrogen-bond donors (Lipinski definition) is 0. The Bertz CT molecular complexity index is 810. The molecular formula is C23H33FN4O3. The average Bonchev–Trinajstić information content (AvgIpc) is 3.41. The van der Waals surface area contributed by atoms with E-state index in [-0.39, 0.29) is 23.2 Å². The number of ether oxygens (including phenoxy) is 2. The van der Waals surface area contributed by atoms with Crippen LogP contribution < -0.4 is 0 Å². The van der Waals surface area contributed by atoms with Crippen LogP contribution in [-0.2, 0) is 26.5 Å². The molecule has 8 heteroatoms. The van der Waals surface area contributed by atoms with Crippen molar-refractivity contribution in [3.63, 3.8) is 0 Å². The summed E-state index contributed by atoms with van der Waals surface area (Å²) < 4.78 is 25.2. The first-order valence-electron chi connectivity index (χ1n) is 11.2. The van der Waals surface area contributed by atoms with E-state index in [1.807, 2.05) is 24.3 Å². The topological polar surface area (TPSA) is 57.6 Å². The fraction of sp³-hybridized carbons (Fsp3) is 0.652. The molecule has 1 saturated heterocycles. The number of likely N-dealkylation sites (tertiary alicyclic amines) is 1. The van der Waals surface area contributed by atoms with Gasteiger partial charge in [-0.1, -0.05) is 6.07 Å². The highest BCUT2D eigenvalue weighted by Gasteiger charge is 2.43. The highest BCUT2D eigenvalue weighted by atomic mass is 19.1. The van der Waals surface area contributed by atoms with Crippen molar-refractivity contribution in [1.82, 2.24) is 14.8 Å². The molecule has 1 unspecified atom stereocenters. The second-order valence-electron chi connectivity index (χ2n) is 8.83. The molecule has 0 bridgehead atoms. The maximum absolute atomic E-state index is 13.9. The van der Waals surface area contributed by atoms with Crippen molar-refractivity contribution in [2.75, 3.05) is 60.0 Å². The summed E-state index contributed by atoms with van der Waals surface area (Å²) in [5.41, 5.74) is 1.71. The van der Waals surface area contributed by atoms with E-state index >= 15 is 0 Å². The van der Waals surface area contributed by atoms with Crippen molar-refractivity contribution in [3.05, 3.63) is 35.1 Å². The summed E-state index contributed by atoms with van der Waals surface area (Å²) in [6.07, 6.45) is 4.46. The Balaban J connectivity index is 1.40. The molecule has 170 valence electrons. The highest BCUT2D eigenvalue weighted by Crippen LogP contribution is 2.44. The van der Waals surface area contributed by atoms with E-state index in [9.17, 15) is 9.18 Å². The number of hydrogen-bond acceptors (Lipinski definition) is 6. The van der Waals surface area contributed by atoms with Crippen LogP contribution in [0.3, 0.4) is 0 Å². The monoisotopic (exact) mass is 432 g/mol. The van der Waals surface area contributed by atoms with E-state index in [2.05, 4.69) is 10.0 Å². The number of nitrogens with zero attached hydrogens (tertiary/aromatic N) is 4. The molecule has 1 spiro atoms. The largest absolute Gasteiger partial charge is 0.383 e. The molecule has 0 saturated carbocycles. The van der Waals surface area contributed by atoms with Crippen LogP contribution in [0.25, 0.3) is 0 Å². The van der Waals surface area contributed by atoms with Gasteiger partial charge in [0.2, 0.25) is 5.91 Å². The second kappa shape index (κ2) is 9.63. The Labute approximate surface area is 183 Å². The van der Waals surface area contributed by atoms with Crippen molar-refractivity contribution in [2.45, 2.75) is 31.5 Å². The number of carbonyl (C=O) groups excluding carboxylic acids is 1. The van der Waals surface area contributed by atoms with E-state index in [4.69, 9.17) is 9.47 Å². The first-order valence-corrected chi connectivity index (χ1v) is 11.2. The number of methoxy groups -OCH3 is 1. The lowest BCUT2D eigenvalue weighted by atomic mass is 9.83. The van der Waals surface area contributed by atoms with E-state index in [1.165, 1.54) is 6.07 Å². The summed E-state index contributed by atoms with van der Waals surface area (Å²) >= 11 is 0. The lowest BCUT2D eigenvalue weighted by Crippen LogP contribution is -2.49. The zero-order valence-corrected chi connectivity index (χ0v) is 18.6. The average molecular weight is 433 g/mol. The SMILES string of the molecule is COCCN(C)C(=O)C(CN1CCC2(CC1)OCc1ccc(F)cc12)CN1CCC=N1. The molecular weight excluding hydrogens is 399 g/mol. The molecule has 3 aliphatic rings. The Morgan fingerprint density at radius 1 is 1.32 bits per heavy atom. The minimum absolute atomic E-state index is 0.129. The maximum atomic E-state index is 13.9. The first kappa shape index (κ1) is 22.2. The maximum Gasteiger partial charge on any atom is 0.228 e. The molecule has 1 aromatic rings. The lowest BCUT2D eigenvalue weighted by Gasteiger charge is -2.40. The van der Waals surface area contributed by atoms with Crippen LogP contribution in [0.1, 0.15) is 30.4 Å². The molecule has 1 aromatic carbocycles. The summed E-state index contributed by atoms with van der Waals surface area (Å²) in [6, 6.07) is 4.99. The molecule has 3 aliphatic heterocycles.